The van der Waals surface area contributed by atoms with E-state index >= 15 is 0 Å². The molecule has 7 heteroatoms. The van der Waals surface area contributed by atoms with Crippen molar-refractivity contribution in [2.45, 2.75) is 32.2 Å². The molecule has 3 rings (SSSR count). The first-order valence-corrected chi connectivity index (χ1v) is 10.6. The number of nitrogens with zero attached hydrogens (tertiary/aromatic N) is 1. The van der Waals surface area contributed by atoms with Crippen LogP contribution < -0.4 is 4.72 Å². The number of aryl methyl sites for hydroxylation is 3. The van der Waals surface area contributed by atoms with E-state index in [9.17, 15) is 13.2 Å². The third-order valence-electron chi connectivity index (χ3n) is 4.59. The lowest BCUT2D eigenvalue weighted by Gasteiger charge is -2.18. The van der Waals surface area contributed by atoms with E-state index in [2.05, 4.69) is 4.72 Å². The van der Waals surface area contributed by atoms with Gasteiger partial charge in [0.25, 0.3) is 15.9 Å². The van der Waals surface area contributed by atoms with E-state index in [0.717, 1.165) is 11.3 Å². The van der Waals surface area contributed by atoms with Gasteiger partial charge in [0, 0.05) is 18.3 Å². The van der Waals surface area contributed by atoms with E-state index < -0.39 is 10.0 Å². The number of benzene rings is 2. The van der Waals surface area contributed by atoms with E-state index in [-0.39, 0.29) is 10.8 Å². The maximum absolute atomic E-state index is 12.9. The molecular weight excluding hydrogens is 388 g/mol. The molecule has 0 radical (unpaired) electrons. The Morgan fingerprint density at radius 3 is 2.31 bits per heavy atom. The summed E-state index contributed by atoms with van der Waals surface area (Å²) < 4.78 is 33.6. The van der Waals surface area contributed by atoms with Crippen molar-refractivity contribution in [3.63, 3.8) is 0 Å². The Kier molecular flexibility index (Phi) is 5.79. The highest BCUT2D eigenvalue weighted by atomic mass is 32.2. The van der Waals surface area contributed by atoms with Gasteiger partial charge in [0.05, 0.1) is 11.4 Å². The molecule has 0 bridgehead atoms. The Hall–Kier alpha value is -3.06. The number of hydrogen-bond donors (Lipinski definition) is 1. The average molecular weight is 413 g/mol. The lowest BCUT2D eigenvalue weighted by atomic mass is 10.1. The van der Waals surface area contributed by atoms with Crippen LogP contribution >= 0.6 is 0 Å². The molecule has 0 unspecified atom stereocenters. The minimum atomic E-state index is -3.82. The molecule has 0 saturated carbocycles. The molecule has 0 saturated heterocycles. The summed E-state index contributed by atoms with van der Waals surface area (Å²) in [5.74, 6) is 1.16. The molecule has 1 amide bonds. The summed E-state index contributed by atoms with van der Waals surface area (Å²) in [5, 5.41) is 0. The van der Waals surface area contributed by atoms with Crippen LogP contribution in [0.3, 0.4) is 0 Å². The zero-order chi connectivity index (χ0) is 21.2. The Morgan fingerprint density at radius 2 is 1.69 bits per heavy atom. The monoisotopic (exact) mass is 412 g/mol. The smallest absolute Gasteiger partial charge is 0.261 e. The zero-order valence-corrected chi connectivity index (χ0v) is 17.7. The van der Waals surface area contributed by atoms with E-state index in [4.69, 9.17) is 4.42 Å². The molecule has 0 atom stereocenters. The first-order valence-electron chi connectivity index (χ1n) is 9.16. The van der Waals surface area contributed by atoms with E-state index in [1.807, 2.05) is 38.1 Å². The Morgan fingerprint density at radius 1 is 1.00 bits per heavy atom. The van der Waals surface area contributed by atoms with Gasteiger partial charge >= 0.3 is 0 Å². The van der Waals surface area contributed by atoms with Crippen molar-refractivity contribution in [2.24, 2.45) is 0 Å². The number of carbonyl (C=O) groups excluding carboxylic acids is 1. The van der Waals surface area contributed by atoms with Gasteiger partial charge in [0.15, 0.2) is 0 Å². The molecule has 0 aliphatic carbocycles. The summed E-state index contributed by atoms with van der Waals surface area (Å²) >= 11 is 0. The molecule has 1 aromatic heterocycles. The Balaban J connectivity index is 1.84. The fraction of sp³-hybridized carbons (Fsp3) is 0.227. The number of amides is 1. The first-order chi connectivity index (χ1) is 13.7. The highest BCUT2D eigenvalue weighted by Crippen LogP contribution is 2.21. The fourth-order valence-electron chi connectivity index (χ4n) is 2.92. The van der Waals surface area contributed by atoms with Crippen LogP contribution in [0.5, 0.6) is 0 Å². The minimum Gasteiger partial charge on any atom is -0.464 e. The van der Waals surface area contributed by atoms with Gasteiger partial charge in [-0.05, 0) is 62.7 Å². The number of hydrogen-bond acceptors (Lipinski definition) is 4. The molecule has 0 spiro atoms. The first kappa shape index (κ1) is 20.7. The van der Waals surface area contributed by atoms with E-state index in [0.29, 0.717) is 29.1 Å². The van der Waals surface area contributed by atoms with E-state index in [1.165, 1.54) is 17.0 Å². The lowest BCUT2D eigenvalue weighted by Crippen LogP contribution is -2.27. The second-order valence-electron chi connectivity index (χ2n) is 7.12. The van der Waals surface area contributed by atoms with Crippen molar-refractivity contribution in [1.82, 2.24) is 4.90 Å². The fourth-order valence-corrected chi connectivity index (χ4v) is 4.00. The van der Waals surface area contributed by atoms with Gasteiger partial charge in [-0.3, -0.25) is 9.52 Å². The molecule has 152 valence electrons. The van der Waals surface area contributed by atoms with Gasteiger partial charge in [-0.2, -0.15) is 0 Å². The van der Waals surface area contributed by atoms with Crippen LogP contribution in [0.4, 0.5) is 5.69 Å². The molecule has 29 heavy (non-hydrogen) atoms. The summed E-state index contributed by atoms with van der Waals surface area (Å²) in [6, 6.07) is 15.3. The van der Waals surface area contributed by atoms with Crippen LogP contribution in [0.2, 0.25) is 0 Å². The average Bonchev–Trinajstić information content (AvgIpc) is 3.07. The quantitative estimate of drug-likeness (QED) is 0.655. The van der Waals surface area contributed by atoms with Crippen LogP contribution in [0, 0.1) is 20.8 Å². The third kappa shape index (κ3) is 4.86. The maximum atomic E-state index is 12.9. The zero-order valence-electron chi connectivity index (χ0n) is 16.9. The number of carbonyl (C=O) groups is 1. The van der Waals surface area contributed by atoms with Gasteiger partial charge in [-0.25, -0.2) is 8.42 Å². The summed E-state index contributed by atoms with van der Waals surface area (Å²) in [7, 11) is -2.16. The van der Waals surface area contributed by atoms with Crippen LogP contribution in [-0.4, -0.2) is 26.3 Å². The van der Waals surface area contributed by atoms with E-state index in [1.54, 1.807) is 32.2 Å². The molecule has 3 aromatic rings. The van der Waals surface area contributed by atoms with Gasteiger partial charge in [-0.15, -0.1) is 0 Å². The highest BCUT2D eigenvalue weighted by Gasteiger charge is 2.21. The number of furan rings is 1. The minimum absolute atomic E-state index is 0.0364. The standard InChI is InChI=1S/C22H24N2O4S/c1-15-5-9-18(10-6-15)23-29(26,27)20-12-7-16(2)21(13-20)22(25)24(4)14-19-11-8-17(3)28-19/h5-13,23H,14H2,1-4H3. The molecule has 1 heterocycles. The second-order valence-corrected chi connectivity index (χ2v) is 8.80. The van der Waals surface area contributed by atoms with Crippen LogP contribution in [0.25, 0.3) is 0 Å². The van der Waals surface area contributed by atoms with Crippen molar-refractivity contribution < 1.29 is 17.6 Å². The predicted octanol–water partition coefficient (Wildman–Crippen LogP) is 4.28. The molecule has 0 fully saturated rings. The van der Waals surface area contributed by atoms with Crippen molar-refractivity contribution in [3.8, 4) is 0 Å². The van der Waals surface area contributed by atoms with Crippen LogP contribution in [0.15, 0.2) is 63.9 Å². The van der Waals surface area contributed by atoms with Crippen molar-refractivity contribution in [1.29, 1.82) is 0 Å². The third-order valence-corrected chi connectivity index (χ3v) is 5.97. The summed E-state index contributed by atoms with van der Waals surface area (Å²) in [6.07, 6.45) is 0. The van der Waals surface area contributed by atoms with Gasteiger partial charge in [-0.1, -0.05) is 23.8 Å². The van der Waals surface area contributed by atoms with Crippen molar-refractivity contribution >= 4 is 21.6 Å². The molecular formula is C22H24N2O4S. The maximum Gasteiger partial charge on any atom is 0.261 e. The molecule has 0 aliphatic rings. The second kappa shape index (κ2) is 8.13. The Labute approximate surface area is 171 Å². The Bertz CT molecular complexity index is 1130. The summed E-state index contributed by atoms with van der Waals surface area (Å²) in [5.41, 5.74) is 2.54. The molecule has 6 nitrogen and oxygen atoms in total. The van der Waals surface area contributed by atoms with Gasteiger partial charge in [0.1, 0.15) is 11.5 Å². The number of sulfonamides is 1. The lowest BCUT2D eigenvalue weighted by molar-refractivity contribution is 0.0774. The number of rotatable bonds is 6. The number of nitrogens with one attached hydrogen (secondary N) is 1. The SMILES string of the molecule is Cc1ccc(NS(=O)(=O)c2ccc(C)c(C(=O)N(C)Cc3ccc(C)o3)c2)cc1. The molecule has 2 aromatic carbocycles. The summed E-state index contributed by atoms with van der Waals surface area (Å²) in [4.78, 5) is 14.5. The topological polar surface area (TPSA) is 79.6 Å². The van der Waals surface area contributed by atoms with Gasteiger partial charge in [0.2, 0.25) is 0 Å². The molecule has 0 aliphatic heterocycles. The van der Waals surface area contributed by atoms with Crippen LogP contribution in [0.1, 0.15) is 33.0 Å². The highest BCUT2D eigenvalue weighted by molar-refractivity contribution is 7.92. The van der Waals surface area contributed by atoms with Crippen LogP contribution in [-0.2, 0) is 16.6 Å². The van der Waals surface area contributed by atoms with Gasteiger partial charge < -0.3 is 9.32 Å². The van der Waals surface area contributed by atoms with Crippen molar-refractivity contribution in [3.05, 3.63) is 82.8 Å². The normalized spacial score (nSPS) is 11.3. The summed E-state index contributed by atoms with van der Waals surface area (Å²) in [6.45, 7) is 5.84. The predicted molar refractivity (Wildman–Crippen MR) is 112 cm³/mol. The molecule has 1 N–H and O–H groups in total. The largest absolute Gasteiger partial charge is 0.464 e. The van der Waals surface area contributed by atoms with Crippen molar-refractivity contribution in [2.75, 3.05) is 11.8 Å². The number of anilines is 1.